The Morgan fingerprint density at radius 3 is 2.78 bits per heavy atom. The summed E-state index contributed by atoms with van der Waals surface area (Å²) in [5, 5.41) is 10.4. The van der Waals surface area contributed by atoms with E-state index in [1.807, 2.05) is 42.2 Å². The fourth-order valence-electron chi connectivity index (χ4n) is 3.39. The van der Waals surface area contributed by atoms with Gasteiger partial charge in [-0.3, -0.25) is 9.69 Å². The fraction of sp³-hybridized carbons (Fsp3) is 0.368. The van der Waals surface area contributed by atoms with Crippen LogP contribution in [0.15, 0.2) is 38.6 Å². The zero-order chi connectivity index (χ0) is 18.8. The zero-order valence-corrected chi connectivity index (χ0v) is 18.1. The standard InChI is InChI=1S/C19H19BrN4OS2/c1-12-22-23-18(26-12)21-19-24(15-8-3-2-4-9-15)17(25)16(27-19)11-13-6-5-7-14(20)10-13/h5-7,10-11,15H,2-4,8-9H2,1H3/b16-11-,21-19+. The minimum atomic E-state index is 0.0480. The van der Waals surface area contributed by atoms with Crippen molar-refractivity contribution < 1.29 is 4.79 Å². The van der Waals surface area contributed by atoms with Crippen molar-refractivity contribution in [1.29, 1.82) is 0 Å². The summed E-state index contributed by atoms with van der Waals surface area (Å²) in [7, 11) is 0. The summed E-state index contributed by atoms with van der Waals surface area (Å²) in [5.41, 5.74) is 0.997. The monoisotopic (exact) mass is 462 g/mol. The van der Waals surface area contributed by atoms with Crippen molar-refractivity contribution in [2.24, 2.45) is 4.99 Å². The lowest BCUT2D eigenvalue weighted by Crippen LogP contribution is -2.40. The van der Waals surface area contributed by atoms with Crippen LogP contribution in [-0.4, -0.2) is 32.2 Å². The van der Waals surface area contributed by atoms with E-state index in [1.54, 1.807) is 0 Å². The number of carbonyl (C=O) groups excluding carboxylic acids is 1. The van der Waals surface area contributed by atoms with E-state index in [1.165, 1.54) is 29.5 Å². The molecule has 1 amide bonds. The minimum Gasteiger partial charge on any atom is -0.283 e. The molecule has 0 spiro atoms. The molecule has 5 nitrogen and oxygen atoms in total. The number of benzene rings is 1. The van der Waals surface area contributed by atoms with Gasteiger partial charge in [-0.1, -0.05) is 58.7 Å². The van der Waals surface area contributed by atoms with Crippen molar-refractivity contribution in [3.63, 3.8) is 0 Å². The van der Waals surface area contributed by atoms with Gasteiger partial charge in [-0.2, -0.15) is 4.99 Å². The molecule has 1 aromatic heterocycles. The van der Waals surface area contributed by atoms with Crippen LogP contribution in [0.2, 0.25) is 0 Å². The van der Waals surface area contributed by atoms with Crippen molar-refractivity contribution in [3.05, 3.63) is 44.2 Å². The number of aryl methyl sites for hydroxylation is 1. The molecular formula is C19H19BrN4OS2. The van der Waals surface area contributed by atoms with Crippen molar-refractivity contribution >= 4 is 61.3 Å². The fourth-order valence-corrected chi connectivity index (χ4v) is 5.46. The Labute approximate surface area is 175 Å². The summed E-state index contributed by atoms with van der Waals surface area (Å²) in [5.74, 6) is 0.0480. The summed E-state index contributed by atoms with van der Waals surface area (Å²) < 4.78 is 0.995. The van der Waals surface area contributed by atoms with E-state index < -0.39 is 0 Å². The molecule has 140 valence electrons. The quantitative estimate of drug-likeness (QED) is 0.561. The molecule has 0 atom stereocenters. The van der Waals surface area contributed by atoms with Gasteiger partial charge < -0.3 is 0 Å². The second kappa shape index (κ2) is 8.24. The Morgan fingerprint density at radius 2 is 2.07 bits per heavy atom. The highest BCUT2D eigenvalue weighted by atomic mass is 79.9. The van der Waals surface area contributed by atoms with E-state index >= 15 is 0 Å². The number of aromatic nitrogens is 2. The second-order valence-corrected chi connectivity index (χ2v) is 9.72. The second-order valence-electron chi connectivity index (χ2n) is 6.63. The highest BCUT2D eigenvalue weighted by Crippen LogP contribution is 2.38. The number of carbonyl (C=O) groups is 1. The van der Waals surface area contributed by atoms with Gasteiger partial charge >= 0.3 is 0 Å². The Morgan fingerprint density at radius 1 is 1.26 bits per heavy atom. The van der Waals surface area contributed by atoms with E-state index in [9.17, 15) is 4.79 Å². The lowest BCUT2D eigenvalue weighted by atomic mass is 9.94. The van der Waals surface area contributed by atoms with Crippen LogP contribution in [-0.2, 0) is 4.79 Å². The van der Waals surface area contributed by atoms with E-state index in [-0.39, 0.29) is 11.9 Å². The number of hydrogen-bond donors (Lipinski definition) is 0. The van der Waals surface area contributed by atoms with E-state index in [0.29, 0.717) is 10.0 Å². The maximum atomic E-state index is 13.2. The smallest absolute Gasteiger partial charge is 0.267 e. The third kappa shape index (κ3) is 4.33. The van der Waals surface area contributed by atoms with Gasteiger partial charge in [0, 0.05) is 10.5 Å². The molecule has 8 heteroatoms. The number of nitrogens with zero attached hydrogens (tertiary/aromatic N) is 4. The van der Waals surface area contributed by atoms with Gasteiger partial charge in [0.1, 0.15) is 5.01 Å². The van der Waals surface area contributed by atoms with Crippen LogP contribution in [0.5, 0.6) is 0 Å². The first kappa shape index (κ1) is 18.8. The number of thioether (sulfide) groups is 1. The van der Waals surface area contributed by atoms with Crippen molar-refractivity contribution in [3.8, 4) is 0 Å². The Bertz CT molecular complexity index is 918. The summed E-state index contributed by atoms with van der Waals surface area (Å²) in [6, 6.07) is 8.18. The zero-order valence-electron chi connectivity index (χ0n) is 14.9. The average Bonchev–Trinajstić information content (AvgIpc) is 3.19. The molecule has 1 saturated heterocycles. The van der Waals surface area contributed by atoms with E-state index in [0.717, 1.165) is 45.9 Å². The predicted molar refractivity (Wildman–Crippen MR) is 115 cm³/mol. The SMILES string of the molecule is Cc1nnc(/N=C2/S/C(=C\c3cccc(Br)c3)C(=O)N2C2CCCCC2)s1. The highest BCUT2D eigenvalue weighted by molar-refractivity contribution is 9.10. The average molecular weight is 463 g/mol. The molecule has 0 bridgehead atoms. The molecule has 0 N–H and O–H groups in total. The molecule has 2 aromatic rings. The molecule has 1 aliphatic heterocycles. The van der Waals surface area contributed by atoms with Crippen LogP contribution in [0.4, 0.5) is 5.13 Å². The minimum absolute atomic E-state index is 0.0480. The molecule has 1 aliphatic carbocycles. The van der Waals surface area contributed by atoms with Crippen molar-refractivity contribution in [1.82, 2.24) is 15.1 Å². The third-order valence-corrected chi connectivity index (χ3v) is 6.84. The van der Waals surface area contributed by atoms with Gasteiger partial charge in [0.25, 0.3) is 5.91 Å². The summed E-state index contributed by atoms with van der Waals surface area (Å²) in [6.45, 7) is 1.91. The van der Waals surface area contributed by atoms with Crippen molar-refractivity contribution in [2.75, 3.05) is 0 Å². The number of hydrogen-bond acceptors (Lipinski definition) is 6. The molecular weight excluding hydrogens is 444 g/mol. The Hall–Kier alpha value is -1.51. The summed E-state index contributed by atoms with van der Waals surface area (Å²) in [4.78, 5) is 20.5. The van der Waals surface area contributed by atoms with Crippen LogP contribution in [0.3, 0.4) is 0 Å². The number of rotatable bonds is 3. The molecule has 27 heavy (non-hydrogen) atoms. The Kier molecular flexibility index (Phi) is 5.75. The molecule has 0 unspecified atom stereocenters. The van der Waals surface area contributed by atoms with Gasteiger partial charge in [0.15, 0.2) is 5.17 Å². The maximum Gasteiger partial charge on any atom is 0.267 e. The third-order valence-electron chi connectivity index (χ3n) is 4.63. The summed E-state index contributed by atoms with van der Waals surface area (Å²) in [6.07, 6.45) is 7.58. The number of halogens is 1. The van der Waals surface area contributed by atoms with Crippen LogP contribution in [0.1, 0.15) is 42.7 Å². The van der Waals surface area contributed by atoms with Crippen LogP contribution in [0.25, 0.3) is 6.08 Å². The molecule has 1 saturated carbocycles. The van der Waals surface area contributed by atoms with E-state index in [4.69, 9.17) is 0 Å². The van der Waals surface area contributed by atoms with Crippen LogP contribution < -0.4 is 0 Å². The normalized spacial score (nSPS) is 21.6. The maximum absolute atomic E-state index is 13.2. The first-order valence-electron chi connectivity index (χ1n) is 8.97. The topological polar surface area (TPSA) is 58.5 Å². The molecule has 2 heterocycles. The lowest BCUT2D eigenvalue weighted by Gasteiger charge is -2.30. The first-order valence-corrected chi connectivity index (χ1v) is 11.4. The Balaban J connectivity index is 1.69. The molecule has 2 fully saturated rings. The number of amidine groups is 1. The van der Waals surface area contributed by atoms with Gasteiger partial charge in [-0.25, -0.2) is 0 Å². The van der Waals surface area contributed by atoms with Crippen LogP contribution >= 0.6 is 39.0 Å². The van der Waals surface area contributed by atoms with Gasteiger partial charge in [-0.05, 0) is 55.3 Å². The molecule has 2 aliphatic rings. The number of amides is 1. The predicted octanol–water partition coefficient (Wildman–Crippen LogP) is 5.55. The largest absolute Gasteiger partial charge is 0.283 e. The summed E-state index contributed by atoms with van der Waals surface area (Å²) >= 11 is 6.37. The lowest BCUT2D eigenvalue weighted by molar-refractivity contribution is -0.124. The highest BCUT2D eigenvalue weighted by Gasteiger charge is 2.38. The van der Waals surface area contributed by atoms with E-state index in [2.05, 4.69) is 31.1 Å². The van der Waals surface area contributed by atoms with Gasteiger partial charge in [0.05, 0.1) is 4.91 Å². The molecule has 0 radical (unpaired) electrons. The number of aliphatic imine (C=N–C) groups is 1. The van der Waals surface area contributed by atoms with Gasteiger partial charge in [0.2, 0.25) is 5.13 Å². The van der Waals surface area contributed by atoms with Crippen molar-refractivity contribution in [2.45, 2.75) is 45.1 Å². The first-order chi connectivity index (χ1) is 13.1. The van der Waals surface area contributed by atoms with Crippen LogP contribution in [0, 0.1) is 6.92 Å². The molecule has 4 rings (SSSR count). The molecule has 1 aromatic carbocycles. The van der Waals surface area contributed by atoms with Gasteiger partial charge in [-0.15, -0.1) is 10.2 Å².